The van der Waals surface area contributed by atoms with E-state index < -0.39 is 5.66 Å². The molecule has 2 aliphatic rings. The quantitative estimate of drug-likeness (QED) is 0.271. The Hall–Kier alpha value is -2.41. The number of hydrogen-bond acceptors (Lipinski definition) is 5. The topological polar surface area (TPSA) is 68.2 Å². The lowest BCUT2D eigenvalue weighted by Crippen LogP contribution is -2.51. The van der Waals surface area contributed by atoms with Crippen LogP contribution in [0.4, 0.5) is 0 Å². The Morgan fingerprint density at radius 2 is 1.68 bits per heavy atom. The molecule has 1 aliphatic carbocycles. The number of hydrogen-bond donors (Lipinski definition) is 0. The van der Waals surface area contributed by atoms with Crippen LogP contribution in [0.3, 0.4) is 0 Å². The van der Waals surface area contributed by atoms with Crippen molar-refractivity contribution in [2.75, 3.05) is 6.61 Å². The minimum atomic E-state index is -0.702. The van der Waals surface area contributed by atoms with Crippen molar-refractivity contribution in [1.82, 2.24) is 4.90 Å². The molecule has 6 nitrogen and oxygen atoms in total. The summed E-state index contributed by atoms with van der Waals surface area (Å²) >= 11 is 12.7. The molecule has 1 saturated carbocycles. The predicted molar refractivity (Wildman–Crippen MR) is 165 cm³/mol. The smallest absolute Gasteiger partial charge is 0.338 e. The Labute approximate surface area is 254 Å². The number of benzene rings is 2. The summed E-state index contributed by atoms with van der Waals surface area (Å²) in [4.78, 5) is 34.2. The molecule has 0 aromatic heterocycles. The summed E-state index contributed by atoms with van der Waals surface area (Å²) in [7, 11) is 0. The van der Waals surface area contributed by atoms with Crippen LogP contribution in [0, 0.1) is 5.41 Å². The second-order valence-electron chi connectivity index (χ2n) is 12.6. The van der Waals surface area contributed by atoms with Crippen molar-refractivity contribution in [3.05, 3.63) is 69.2 Å². The lowest BCUT2D eigenvalue weighted by Gasteiger charge is -2.45. The van der Waals surface area contributed by atoms with E-state index in [1.54, 1.807) is 30.3 Å². The Bertz CT molecular complexity index is 1250. The number of ether oxygens (including phenoxy) is 2. The number of rotatable bonds is 9. The lowest BCUT2D eigenvalue weighted by atomic mass is 9.82. The van der Waals surface area contributed by atoms with Gasteiger partial charge in [-0.2, -0.15) is 0 Å². The zero-order chi connectivity index (χ0) is 29.9. The van der Waals surface area contributed by atoms with Gasteiger partial charge < -0.3 is 14.4 Å². The molecule has 0 unspecified atom stereocenters. The first-order valence-corrected chi connectivity index (χ1v) is 15.4. The van der Waals surface area contributed by atoms with Crippen LogP contribution in [0.5, 0.6) is 0 Å². The van der Waals surface area contributed by atoms with Crippen LogP contribution in [0.1, 0.15) is 108 Å². The summed E-state index contributed by atoms with van der Waals surface area (Å²) in [5.41, 5.74) is 1.83. The van der Waals surface area contributed by atoms with Crippen molar-refractivity contribution in [3.8, 4) is 0 Å². The molecule has 0 radical (unpaired) electrons. The Morgan fingerprint density at radius 3 is 2.22 bits per heavy atom. The number of carbonyl (C=O) groups excluding carboxylic acids is 2. The van der Waals surface area contributed by atoms with E-state index in [2.05, 4.69) is 20.8 Å². The molecular weight excluding hydrogens is 559 g/mol. The lowest BCUT2D eigenvalue weighted by molar-refractivity contribution is -0.134. The second-order valence-corrected chi connectivity index (χ2v) is 13.5. The van der Waals surface area contributed by atoms with Gasteiger partial charge in [-0.15, -0.1) is 0 Å². The highest BCUT2D eigenvalue weighted by Crippen LogP contribution is 2.47. The second kappa shape index (κ2) is 12.8. The zero-order valence-corrected chi connectivity index (χ0v) is 26.5. The molecule has 1 aliphatic heterocycles. The number of esters is 1. The summed E-state index contributed by atoms with van der Waals surface area (Å²) in [6.45, 7) is 13.0. The van der Waals surface area contributed by atoms with Gasteiger partial charge in [0.2, 0.25) is 0 Å². The Kier molecular flexibility index (Phi) is 9.88. The number of halogens is 2. The fourth-order valence-corrected chi connectivity index (χ4v) is 6.40. The largest absolute Gasteiger partial charge is 0.459 e. The van der Waals surface area contributed by atoms with Gasteiger partial charge in [0.15, 0.2) is 0 Å². The maximum atomic E-state index is 14.4. The van der Waals surface area contributed by atoms with Crippen LogP contribution >= 0.6 is 23.2 Å². The van der Waals surface area contributed by atoms with Gasteiger partial charge in [-0.1, -0.05) is 56.1 Å². The molecular formula is C33H42Cl2N2O4. The third-order valence-corrected chi connectivity index (χ3v) is 8.25. The number of amides is 1. The van der Waals surface area contributed by atoms with Gasteiger partial charge in [0.1, 0.15) is 11.4 Å². The molecule has 1 fully saturated rings. The summed E-state index contributed by atoms with van der Waals surface area (Å²) in [6.07, 6.45) is 4.63. The third kappa shape index (κ3) is 7.52. The average Bonchev–Trinajstić information content (AvgIpc) is 3.16. The minimum Gasteiger partial charge on any atom is -0.459 e. The molecule has 2 aromatic rings. The van der Waals surface area contributed by atoms with Crippen molar-refractivity contribution in [1.29, 1.82) is 0 Å². The van der Waals surface area contributed by atoms with Crippen LogP contribution in [-0.2, 0) is 14.3 Å². The molecule has 1 amide bonds. The van der Waals surface area contributed by atoms with Crippen LogP contribution in [-0.4, -0.2) is 47.0 Å². The molecule has 0 saturated heterocycles. The highest BCUT2D eigenvalue weighted by molar-refractivity contribution is 6.47. The van der Waals surface area contributed by atoms with Crippen LogP contribution in [0.2, 0.25) is 10.0 Å². The van der Waals surface area contributed by atoms with Crippen molar-refractivity contribution in [2.24, 2.45) is 10.4 Å². The first kappa shape index (κ1) is 31.5. The maximum absolute atomic E-state index is 14.4. The Morgan fingerprint density at radius 1 is 1.07 bits per heavy atom. The van der Waals surface area contributed by atoms with E-state index >= 15 is 0 Å². The van der Waals surface area contributed by atoms with Gasteiger partial charge in [-0.3, -0.25) is 9.79 Å². The van der Waals surface area contributed by atoms with Crippen LogP contribution in [0.25, 0.3) is 0 Å². The fourth-order valence-electron chi connectivity index (χ4n) is 5.87. The van der Waals surface area contributed by atoms with E-state index in [9.17, 15) is 9.59 Å². The normalized spacial score (nSPS) is 21.9. The van der Waals surface area contributed by atoms with Gasteiger partial charge in [-0.25, -0.2) is 4.79 Å². The third-order valence-electron chi connectivity index (χ3n) is 7.81. The monoisotopic (exact) mass is 600 g/mol. The minimum absolute atomic E-state index is 0.0615. The summed E-state index contributed by atoms with van der Waals surface area (Å²) < 4.78 is 11.4. The molecule has 1 atom stereocenters. The Balaban J connectivity index is 1.77. The molecule has 4 rings (SSSR count). The fraction of sp³-hybridized carbons (Fsp3) is 0.545. The van der Waals surface area contributed by atoms with Gasteiger partial charge in [-0.05, 0) is 101 Å². The van der Waals surface area contributed by atoms with Gasteiger partial charge in [0.25, 0.3) is 5.91 Å². The van der Waals surface area contributed by atoms with E-state index in [4.69, 9.17) is 37.7 Å². The molecule has 222 valence electrons. The van der Waals surface area contributed by atoms with E-state index in [0.717, 1.165) is 31.2 Å². The number of carbonyl (C=O) groups is 2. The van der Waals surface area contributed by atoms with E-state index in [-0.39, 0.29) is 35.5 Å². The summed E-state index contributed by atoms with van der Waals surface area (Å²) in [6, 6.07) is 12.4. The predicted octanol–water partition coefficient (Wildman–Crippen LogP) is 8.43. The first-order valence-electron chi connectivity index (χ1n) is 14.6. The van der Waals surface area contributed by atoms with Crippen LogP contribution < -0.4 is 0 Å². The molecule has 1 spiro atoms. The number of nitrogens with zero attached hydrogens (tertiary/aromatic N) is 2. The standard InChI is InChI=1S/C33H42Cl2N2O4/c1-7-40-27-12-16-33(17-13-27)36-29(24-18-25(34)20-26(35)19-24)30(38)37(33)28(14-15-32(4,5)6)22-8-10-23(11-9-22)31(39)41-21(2)3/h8-11,18-21,27-28H,7,12-17H2,1-6H3/t27?,28-,33?/m1/s1. The van der Waals surface area contributed by atoms with Crippen molar-refractivity contribution in [3.63, 3.8) is 0 Å². The van der Waals surface area contributed by atoms with Crippen molar-refractivity contribution in [2.45, 2.75) is 104 Å². The van der Waals surface area contributed by atoms with Gasteiger partial charge in [0, 0.05) is 22.2 Å². The molecule has 8 heteroatoms. The zero-order valence-electron chi connectivity index (χ0n) is 25.0. The van der Waals surface area contributed by atoms with Gasteiger partial charge >= 0.3 is 5.97 Å². The van der Waals surface area contributed by atoms with Gasteiger partial charge in [0.05, 0.1) is 23.8 Å². The summed E-state index contributed by atoms with van der Waals surface area (Å²) in [5.74, 6) is -0.482. The summed E-state index contributed by atoms with van der Waals surface area (Å²) in [5, 5.41) is 0.924. The first-order chi connectivity index (χ1) is 19.3. The van der Waals surface area contributed by atoms with Crippen molar-refractivity contribution >= 4 is 40.8 Å². The van der Waals surface area contributed by atoms with E-state index in [0.29, 0.717) is 46.3 Å². The SMILES string of the molecule is CCOC1CCC2(CC1)N=C(c1cc(Cl)cc(Cl)c1)C(=O)N2[C@H](CCC(C)(C)C)c1ccc(C(=O)OC(C)C)cc1. The van der Waals surface area contributed by atoms with Crippen LogP contribution in [0.15, 0.2) is 47.5 Å². The maximum Gasteiger partial charge on any atom is 0.338 e. The molecule has 0 bridgehead atoms. The highest BCUT2D eigenvalue weighted by atomic mass is 35.5. The van der Waals surface area contributed by atoms with E-state index in [1.807, 2.05) is 37.8 Å². The van der Waals surface area contributed by atoms with Crippen molar-refractivity contribution < 1.29 is 19.1 Å². The molecule has 0 N–H and O–H groups in total. The number of aliphatic imine (C=N–C) groups is 1. The molecule has 41 heavy (non-hydrogen) atoms. The average molecular weight is 602 g/mol. The molecule has 1 heterocycles. The molecule has 2 aromatic carbocycles. The highest BCUT2D eigenvalue weighted by Gasteiger charge is 2.52. The van der Waals surface area contributed by atoms with E-state index in [1.165, 1.54) is 0 Å².